The summed E-state index contributed by atoms with van der Waals surface area (Å²) in [5.74, 6) is 0.741. The molecule has 0 radical (unpaired) electrons. The predicted octanol–water partition coefficient (Wildman–Crippen LogP) is 2.65. The summed E-state index contributed by atoms with van der Waals surface area (Å²) >= 11 is 0. The molecule has 0 saturated carbocycles. The Bertz CT molecular complexity index is 1030. The third-order valence-electron chi connectivity index (χ3n) is 3.42. The number of fused-ring (bicyclic) bond motifs is 1. The van der Waals surface area contributed by atoms with E-state index in [1.54, 1.807) is 28.9 Å². The summed E-state index contributed by atoms with van der Waals surface area (Å²) in [5.41, 5.74) is 7.24. The average Bonchev–Trinajstić information content (AvgIpc) is 3.06. The number of rotatable bonds is 3. The summed E-state index contributed by atoms with van der Waals surface area (Å²) in [7, 11) is 0. The number of pyridine rings is 2. The molecule has 3 N–H and O–H groups in total. The van der Waals surface area contributed by atoms with E-state index >= 15 is 0 Å². The van der Waals surface area contributed by atoms with Crippen LogP contribution in [0.5, 0.6) is 0 Å². The molecule has 7 nitrogen and oxygen atoms in total. The van der Waals surface area contributed by atoms with Gasteiger partial charge in [0.15, 0.2) is 11.6 Å². The second-order valence-corrected chi connectivity index (χ2v) is 5.05. The van der Waals surface area contributed by atoms with Gasteiger partial charge in [0.2, 0.25) is 5.82 Å². The van der Waals surface area contributed by atoms with Crippen LogP contribution in [0.15, 0.2) is 55.0 Å². The van der Waals surface area contributed by atoms with Gasteiger partial charge in [-0.05, 0) is 30.3 Å². The number of anilines is 3. The van der Waals surface area contributed by atoms with Crippen molar-refractivity contribution in [1.29, 1.82) is 0 Å². The fourth-order valence-corrected chi connectivity index (χ4v) is 2.32. The lowest BCUT2D eigenvalue weighted by Gasteiger charge is -2.10. The molecule has 0 bridgehead atoms. The van der Waals surface area contributed by atoms with E-state index in [9.17, 15) is 4.39 Å². The fraction of sp³-hybridized carbons (Fsp3) is 0. The first-order chi connectivity index (χ1) is 11.7. The van der Waals surface area contributed by atoms with E-state index in [2.05, 4.69) is 25.4 Å². The van der Waals surface area contributed by atoms with E-state index < -0.39 is 5.82 Å². The molecule has 0 atom stereocenters. The van der Waals surface area contributed by atoms with Crippen LogP contribution in [0.4, 0.5) is 21.7 Å². The average molecular weight is 321 g/mol. The van der Waals surface area contributed by atoms with Gasteiger partial charge in [0, 0.05) is 12.4 Å². The van der Waals surface area contributed by atoms with Crippen LogP contribution in [0.3, 0.4) is 0 Å². The smallest absolute Gasteiger partial charge is 0.200 e. The van der Waals surface area contributed by atoms with Gasteiger partial charge in [-0.15, -0.1) is 5.10 Å². The van der Waals surface area contributed by atoms with Gasteiger partial charge in [-0.3, -0.25) is 4.98 Å². The molecule has 0 spiro atoms. The van der Waals surface area contributed by atoms with Crippen LogP contribution in [0.1, 0.15) is 0 Å². The quantitative estimate of drug-likeness (QED) is 0.602. The topological polar surface area (TPSA) is 94.0 Å². The molecule has 0 unspecified atom stereocenters. The number of nitrogens with one attached hydrogen (secondary N) is 1. The molecular weight excluding hydrogens is 309 g/mol. The molecule has 4 aromatic heterocycles. The van der Waals surface area contributed by atoms with Crippen LogP contribution in [0.25, 0.3) is 17.0 Å². The van der Waals surface area contributed by atoms with E-state index in [1.165, 1.54) is 12.3 Å². The minimum absolute atomic E-state index is 0.276. The van der Waals surface area contributed by atoms with Crippen molar-refractivity contribution in [2.75, 3.05) is 11.1 Å². The molecule has 0 aromatic carbocycles. The van der Waals surface area contributed by atoms with Gasteiger partial charge in [0.05, 0.1) is 11.9 Å². The maximum atomic E-state index is 13.9. The zero-order valence-electron chi connectivity index (χ0n) is 12.4. The first-order valence-electron chi connectivity index (χ1n) is 7.15. The minimum atomic E-state index is -0.468. The van der Waals surface area contributed by atoms with E-state index in [-0.39, 0.29) is 5.69 Å². The summed E-state index contributed by atoms with van der Waals surface area (Å²) in [5, 5.41) is 7.39. The van der Waals surface area contributed by atoms with Crippen molar-refractivity contribution in [3.63, 3.8) is 0 Å². The lowest BCUT2D eigenvalue weighted by Crippen LogP contribution is -2.05. The first kappa shape index (κ1) is 14.1. The van der Waals surface area contributed by atoms with E-state index in [1.807, 2.05) is 12.1 Å². The van der Waals surface area contributed by atoms with Gasteiger partial charge in [-0.1, -0.05) is 6.07 Å². The summed E-state index contributed by atoms with van der Waals surface area (Å²) in [6.07, 6.45) is 4.42. The Morgan fingerprint density at radius 1 is 1.08 bits per heavy atom. The third kappa shape index (κ3) is 2.50. The number of nitrogens with zero attached hydrogens (tertiary/aromatic N) is 5. The van der Waals surface area contributed by atoms with Crippen LogP contribution in [-0.2, 0) is 0 Å². The number of nitrogen functional groups attached to an aromatic ring is 1. The molecule has 8 heteroatoms. The minimum Gasteiger partial charge on any atom is -0.384 e. The monoisotopic (exact) mass is 321 g/mol. The molecule has 0 fully saturated rings. The highest BCUT2D eigenvalue weighted by atomic mass is 19.1. The lowest BCUT2D eigenvalue weighted by atomic mass is 10.3. The summed E-state index contributed by atoms with van der Waals surface area (Å²) in [4.78, 5) is 12.4. The molecular formula is C16H12FN7. The van der Waals surface area contributed by atoms with Crippen LogP contribution < -0.4 is 11.1 Å². The highest BCUT2D eigenvalue weighted by molar-refractivity contribution is 5.74. The number of hydrogen-bond donors (Lipinski definition) is 2. The van der Waals surface area contributed by atoms with Crippen LogP contribution in [0, 0.1) is 5.82 Å². The maximum Gasteiger partial charge on any atom is 0.200 e. The maximum absolute atomic E-state index is 13.9. The van der Waals surface area contributed by atoms with Crippen molar-refractivity contribution in [3.05, 3.63) is 60.8 Å². The molecule has 24 heavy (non-hydrogen) atoms. The van der Waals surface area contributed by atoms with Gasteiger partial charge in [0.1, 0.15) is 17.0 Å². The van der Waals surface area contributed by atoms with Gasteiger partial charge in [-0.25, -0.2) is 18.9 Å². The Morgan fingerprint density at radius 2 is 2.00 bits per heavy atom. The van der Waals surface area contributed by atoms with Crippen LogP contribution >= 0.6 is 0 Å². The Kier molecular flexibility index (Phi) is 3.27. The Morgan fingerprint density at radius 3 is 2.83 bits per heavy atom. The van der Waals surface area contributed by atoms with Gasteiger partial charge < -0.3 is 11.1 Å². The highest BCUT2D eigenvalue weighted by Crippen LogP contribution is 2.24. The van der Waals surface area contributed by atoms with Crippen molar-refractivity contribution in [3.8, 4) is 11.5 Å². The van der Waals surface area contributed by atoms with Gasteiger partial charge >= 0.3 is 0 Å². The SMILES string of the molecule is Nc1cccc(-c2nc(Nc3ccncc3F)c3cccn3n2)n1. The zero-order chi connectivity index (χ0) is 16.5. The molecule has 4 heterocycles. The molecule has 0 aliphatic heterocycles. The molecule has 4 aromatic rings. The fourth-order valence-electron chi connectivity index (χ4n) is 2.32. The van der Waals surface area contributed by atoms with Crippen molar-refractivity contribution >= 4 is 22.8 Å². The second-order valence-electron chi connectivity index (χ2n) is 5.05. The number of aromatic nitrogens is 5. The lowest BCUT2D eigenvalue weighted by molar-refractivity contribution is 0.625. The van der Waals surface area contributed by atoms with Gasteiger partial charge in [-0.2, -0.15) is 0 Å². The Balaban J connectivity index is 1.85. The van der Waals surface area contributed by atoms with E-state index in [4.69, 9.17) is 5.73 Å². The van der Waals surface area contributed by atoms with Crippen molar-refractivity contribution in [1.82, 2.24) is 24.6 Å². The number of halogens is 1. The molecule has 0 saturated heterocycles. The van der Waals surface area contributed by atoms with Crippen molar-refractivity contribution in [2.24, 2.45) is 0 Å². The van der Waals surface area contributed by atoms with E-state index in [0.717, 1.165) is 6.20 Å². The zero-order valence-corrected chi connectivity index (χ0v) is 12.4. The van der Waals surface area contributed by atoms with Crippen LogP contribution in [-0.4, -0.2) is 24.6 Å². The normalized spacial score (nSPS) is 10.9. The van der Waals surface area contributed by atoms with Crippen molar-refractivity contribution in [2.45, 2.75) is 0 Å². The molecule has 118 valence electrons. The summed E-state index contributed by atoms with van der Waals surface area (Å²) in [6, 6.07) is 10.4. The standard InChI is InChI=1S/C16H12FN7/c17-10-9-19-7-6-11(10)21-16-13-4-2-8-24(13)23-15(22-16)12-3-1-5-14(18)20-12/h1-9H,(H2,18,20)(H,19,21,22,23). The third-order valence-corrected chi connectivity index (χ3v) is 3.42. The van der Waals surface area contributed by atoms with Crippen LogP contribution in [0.2, 0.25) is 0 Å². The number of hydrogen-bond acceptors (Lipinski definition) is 6. The summed E-state index contributed by atoms with van der Waals surface area (Å²) < 4.78 is 15.5. The van der Waals surface area contributed by atoms with Gasteiger partial charge in [0.25, 0.3) is 0 Å². The Hall–Kier alpha value is -3.55. The Labute approximate surface area is 136 Å². The molecule has 0 aliphatic rings. The first-order valence-corrected chi connectivity index (χ1v) is 7.15. The molecule has 0 amide bonds. The molecule has 4 rings (SSSR count). The second kappa shape index (κ2) is 5.58. The van der Waals surface area contributed by atoms with E-state index in [0.29, 0.717) is 28.7 Å². The predicted molar refractivity (Wildman–Crippen MR) is 88.1 cm³/mol. The molecule has 0 aliphatic carbocycles. The van der Waals surface area contributed by atoms with Crippen molar-refractivity contribution < 1.29 is 4.39 Å². The number of nitrogens with two attached hydrogens (primary N) is 1. The highest BCUT2D eigenvalue weighted by Gasteiger charge is 2.12. The largest absolute Gasteiger partial charge is 0.384 e. The summed E-state index contributed by atoms with van der Waals surface area (Å²) in [6.45, 7) is 0.